The van der Waals surface area contributed by atoms with Gasteiger partial charge in [-0.05, 0) is 0 Å². The molecule has 23 nitrogen and oxygen atoms in total. The second-order valence-corrected chi connectivity index (χ2v) is 13.3. The molecular formula is C20H24N10O13P2. The van der Waals surface area contributed by atoms with Gasteiger partial charge < -0.3 is 45.7 Å². The first-order valence-electron chi connectivity index (χ1n) is 12.9. The van der Waals surface area contributed by atoms with Crippen molar-refractivity contribution in [3.8, 4) is 0 Å². The molecule has 242 valence electrons. The van der Waals surface area contributed by atoms with Crippen molar-refractivity contribution in [1.29, 1.82) is 0 Å². The summed E-state index contributed by atoms with van der Waals surface area (Å²) >= 11 is 0. The Bertz CT molecular complexity index is 1940. The number of anilines is 2. The number of nitrogen functional groups attached to an aromatic ring is 2. The Morgan fingerprint density at radius 2 is 1.69 bits per heavy atom. The number of nitrogens with zero attached hydrogens (tertiary/aromatic N) is 7. The van der Waals surface area contributed by atoms with Gasteiger partial charge in [0.05, 0.1) is 25.5 Å². The second-order valence-electron chi connectivity index (χ2n) is 10.1. The molecule has 7 rings (SSSR count). The molecule has 25 heteroatoms. The van der Waals surface area contributed by atoms with Crippen molar-refractivity contribution in [2.45, 2.75) is 49.3 Å². The van der Waals surface area contributed by atoms with E-state index in [0.717, 1.165) is 10.9 Å². The molecule has 0 saturated carbocycles. The van der Waals surface area contributed by atoms with Crippen molar-refractivity contribution in [2.24, 2.45) is 0 Å². The fraction of sp³-hybridized carbons (Fsp3) is 0.500. The molecule has 2 unspecified atom stereocenters. The number of nitrogens with two attached hydrogens (primary N) is 2. The zero-order valence-corrected chi connectivity index (χ0v) is 24.2. The van der Waals surface area contributed by atoms with Gasteiger partial charge in [0.2, 0.25) is 11.9 Å². The molecule has 10 atom stereocenters. The Labute approximate surface area is 248 Å². The largest absolute Gasteiger partial charge is 0.472 e. The quantitative estimate of drug-likeness (QED) is 0.109. The Hall–Kier alpha value is -3.44. The van der Waals surface area contributed by atoms with Crippen molar-refractivity contribution >= 4 is 49.6 Å². The number of aromatic nitrogens is 8. The van der Waals surface area contributed by atoms with E-state index in [9.17, 15) is 33.9 Å². The number of hydrogen-bond acceptors (Lipinski definition) is 18. The minimum atomic E-state index is -5.13. The lowest BCUT2D eigenvalue weighted by Gasteiger charge is -2.25. The number of aromatic amines is 1. The topological polar surface area (TPSA) is 330 Å². The summed E-state index contributed by atoms with van der Waals surface area (Å²) in [6, 6.07) is 0. The summed E-state index contributed by atoms with van der Waals surface area (Å²) in [4.78, 5) is 55.9. The van der Waals surface area contributed by atoms with Gasteiger partial charge in [-0.25, -0.2) is 19.5 Å². The molecule has 0 spiro atoms. The molecule has 0 aliphatic carbocycles. The lowest BCUT2D eigenvalue weighted by molar-refractivity contribution is -0.168. The number of ether oxygens (including phenoxy) is 3. The number of rotatable bonds is 2. The third kappa shape index (κ3) is 5.41. The van der Waals surface area contributed by atoms with E-state index in [1.807, 2.05) is 0 Å². The average Bonchev–Trinajstić information content (AvgIpc) is 3.72. The first-order valence-corrected chi connectivity index (χ1v) is 16.2. The van der Waals surface area contributed by atoms with E-state index >= 15 is 0 Å². The highest BCUT2D eigenvalue weighted by Crippen LogP contribution is 2.53. The maximum absolute atomic E-state index is 13.2. The lowest BCUT2D eigenvalue weighted by Crippen LogP contribution is -2.36. The number of phosphoric ester groups is 1. The molecule has 3 aliphatic heterocycles. The minimum Gasteiger partial charge on any atom is -0.386 e. The van der Waals surface area contributed by atoms with Gasteiger partial charge in [0.15, 0.2) is 41.9 Å². The van der Waals surface area contributed by atoms with Crippen molar-refractivity contribution in [1.82, 2.24) is 39.0 Å². The fourth-order valence-corrected chi connectivity index (χ4v) is 7.17. The van der Waals surface area contributed by atoms with Crippen LogP contribution in [0.15, 0.2) is 23.6 Å². The van der Waals surface area contributed by atoms with Crippen molar-refractivity contribution in [2.75, 3.05) is 24.4 Å². The standard InChI is InChI=1S/C20H24N10O13P2/c21-19-23-1-6-13(26-19)29(3-24-6)16-9(31)11-7(40-16)2-39-45(36,37)43-12-10(32)18(38-5-44(34,35)42-11)41-17(12)30-4-25-8-14(30)27-20(22)28-15(8)33/h1,3-4,7,9-12,16-18,31-32H,2,5H2,(H,34,35)(H,36,37)(H2,21,23,26)(H3,22,27,28,33)/t7-,9-,10+,11-,12-,16-,17-,18+/m1/s1. The zero-order chi connectivity index (χ0) is 31.8. The van der Waals surface area contributed by atoms with Crippen LogP contribution in [0.25, 0.3) is 22.3 Å². The molecule has 4 aromatic heterocycles. The van der Waals surface area contributed by atoms with Crippen LogP contribution in [0.5, 0.6) is 0 Å². The van der Waals surface area contributed by atoms with E-state index in [0.29, 0.717) is 0 Å². The third-order valence-corrected chi connectivity index (χ3v) is 9.19. The zero-order valence-electron chi connectivity index (χ0n) is 22.4. The molecule has 3 fully saturated rings. The van der Waals surface area contributed by atoms with E-state index in [1.165, 1.54) is 17.1 Å². The maximum Gasteiger partial charge on any atom is 0.472 e. The van der Waals surface area contributed by atoms with E-state index in [4.69, 9.17) is 39.2 Å². The Morgan fingerprint density at radius 1 is 0.933 bits per heavy atom. The molecule has 4 aromatic rings. The van der Waals surface area contributed by atoms with E-state index < -0.39 is 83.2 Å². The molecule has 0 radical (unpaired) electrons. The van der Waals surface area contributed by atoms with Gasteiger partial charge in [-0.2, -0.15) is 9.97 Å². The highest BCUT2D eigenvalue weighted by molar-refractivity contribution is 7.52. The Kier molecular flexibility index (Phi) is 7.27. The summed E-state index contributed by atoms with van der Waals surface area (Å²) in [7, 11) is -9.92. The first-order chi connectivity index (χ1) is 21.3. The van der Waals surface area contributed by atoms with Gasteiger partial charge in [0.25, 0.3) is 5.56 Å². The number of hydrogen-bond donors (Lipinski definition) is 7. The highest BCUT2D eigenvalue weighted by Gasteiger charge is 2.54. The summed E-state index contributed by atoms with van der Waals surface area (Å²) in [6.45, 7) is -0.824. The predicted molar refractivity (Wildman–Crippen MR) is 143 cm³/mol. The SMILES string of the molecule is Nc1ncc2ncn([C@@H]3O[C@@H]4COP(=O)(O)O[C@@H]5[C@H](O)[C@@H](OCP(=O)(O)O[C@H]4[C@H]3O)O[C@H]5n3cnc4c(=O)[nH]c(N)nc43)c2n1. The molecule has 7 heterocycles. The van der Waals surface area contributed by atoms with Gasteiger partial charge in [-0.3, -0.25) is 37.0 Å². The molecule has 0 aromatic carbocycles. The molecule has 2 bridgehead atoms. The van der Waals surface area contributed by atoms with Crippen LogP contribution in [0.2, 0.25) is 0 Å². The smallest absolute Gasteiger partial charge is 0.386 e. The van der Waals surface area contributed by atoms with Crippen LogP contribution in [-0.2, 0) is 36.9 Å². The van der Waals surface area contributed by atoms with Crippen molar-refractivity contribution in [3.05, 3.63) is 29.2 Å². The van der Waals surface area contributed by atoms with Crippen LogP contribution < -0.4 is 17.0 Å². The number of nitrogens with one attached hydrogen (secondary N) is 1. The predicted octanol–water partition coefficient (Wildman–Crippen LogP) is -2.34. The number of H-pyrrole nitrogens is 1. The Morgan fingerprint density at radius 3 is 2.49 bits per heavy atom. The molecule has 9 N–H and O–H groups in total. The summed E-state index contributed by atoms with van der Waals surface area (Å²) in [5, 5.41) is 22.1. The third-order valence-electron chi connectivity index (χ3n) is 7.16. The van der Waals surface area contributed by atoms with Gasteiger partial charge in [-0.1, -0.05) is 0 Å². The number of imidazole rings is 2. The number of aliphatic hydroxyl groups is 2. The second kappa shape index (κ2) is 10.8. The molecule has 45 heavy (non-hydrogen) atoms. The maximum atomic E-state index is 13.2. The monoisotopic (exact) mass is 674 g/mol. The summed E-state index contributed by atoms with van der Waals surface area (Å²) in [6.07, 6.45) is -10.5. The molecular weight excluding hydrogens is 650 g/mol. The van der Waals surface area contributed by atoms with Crippen LogP contribution >= 0.6 is 15.4 Å². The van der Waals surface area contributed by atoms with Crippen molar-refractivity contribution in [3.63, 3.8) is 0 Å². The van der Waals surface area contributed by atoms with Crippen LogP contribution in [0.4, 0.5) is 11.9 Å². The highest BCUT2D eigenvalue weighted by atomic mass is 31.2. The van der Waals surface area contributed by atoms with E-state index in [2.05, 4.69) is 29.9 Å². The van der Waals surface area contributed by atoms with Crippen LogP contribution in [0.3, 0.4) is 0 Å². The van der Waals surface area contributed by atoms with Crippen LogP contribution in [0.1, 0.15) is 12.5 Å². The summed E-state index contributed by atoms with van der Waals surface area (Å²) in [5.41, 5.74) is 10.7. The first kappa shape index (κ1) is 30.2. The number of aliphatic hydroxyl groups excluding tert-OH is 2. The van der Waals surface area contributed by atoms with E-state index in [-0.39, 0.29) is 34.2 Å². The fourth-order valence-electron chi connectivity index (χ4n) is 5.20. The average molecular weight is 674 g/mol. The van der Waals surface area contributed by atoms with E-state index in [1.54, 1.807) is 0 Å². The number of fused-ring (bicyclic) bond motifs is 5. The van der Waals surface area contributed by atoms with Gasteiger partial charge in [0, 0.05) is 0 Å². The van der Waals surface area contributed by atoms with Crippen molar-refractivity contribution < 1.29 is 56.9 Å². The normalized spacial score (nSPS) is 37.7. The molecule has 3 aliphatic rings. The lowest BCUT2D eigenvalue weighted by atomic mass is 10.1. The van der Waals surface area contributed by atoms with Gasteiger partial charge in [-0.15, -0.1) is 0 Å². The van der Waals surface area contributed by atoms with Gasteiger partial charge >= 0.3 is 15.4 Å². The Balaban J connectivity index is 1.21. The molecule has 0 amide bonds. The van der Waals surface area contributed by atoms with Crippen LogP contribution in [-0.4, -0.2) is 109 Å². The summed E-state index contributed by atoms with van der Waals surface area (Å²) in [5.74, 6) is -0.401. The van der Waals surface area contributed by atoms with Crippen LogP contribution in [0, 0.1) is 0 Å². The molecule has 3 saturated heterocycles. The number of phosphoric acid groups is 1. The van der Waals surface area contributed by atoms with Gasteiger partial charge in [0.1, 0.15) is 36.0 Å². The minimum absolute atomic E-state index is 0.110. The summed E-state index contributed by atoms with van der Waals surface area (Å²) < 4.78 is 61.4.